The molecule has 6 heteroatoms. The number of nitrogens with one attached hydrogen (secondary N) is 2. The summed E-state index contributed by atoms with van der Waals surface area (Å²) in [6, 6.07) is 11.2. The third-order valence-corrected chi connectivity index (χ3v) is 4.03. The first-order valence-electron chi connectivity index (χ1n) is 7.95. The summed E-state index contributed by atoms with van der Waals surface area (Å²) in [6.45, 7) is 2.32. The Hall–Kier alpha value is -2.76. The van der Waals surface area contributed by atoms with Gasteiger partial charge in [0.05, 0.1) is 19.9 Å². The van der Waals surface area contributed by atoms with E-state index in [0.717, 1.165) is 17.2 Å². The minimum Gasteiger partial charge on any atom is -0.497 e. The minimum atomic E-state index is -0.239. The molecule has 1 aromatic heterocycles. The van der Waals surface area contributed by atoms with Gasteiger partial charge in [0.25, 0.3) is 5.91 Å². The Bertz CT molecular complexity index is 739. The standard InChI is InChI=1S/C18H21N3O3/c1-12-8-16(12)17-7-6-15(24-17)10-20-21-18(22)11-19-13-4-3-5-14(9-13)23-2/h3-7,9-10,12,16,19H,8,11H2,1-2H3,(H,21,22)/b20-10-/t12-,16-/m1/s1. The summed E-state index contributed by atoms with van der Waals surface area (Å²) in [5, 5.41) is 6.93. The summed E-state index contributed by atoms with van der Waals surface area (Å²) in [5.41, 5.74) is 3.28. The molecule has 0 unspecified atom stereocenters. The number of benzene rings is 1. The van der Waals surface area contributed by atoms with E-state index < -0.39 is 0 Å². The number of rotatable bonds is 7. The van der Waals surface area contributed by atoms with Gasteiger partial charge in [0, 0.05) is 17.7 Å². The second-order valence-corrected chi connectivity index (χ2v) is 5.94. The molecular formula is C18H21N3O3. The highest BCUT2D eigenvalue weighted by atomic mass is 16.5. The van der Waals surface area contributed by atoms with E-state index in [4.69, 9.17) is 9.15 Å². The third-order valence-electron chi connectivity index (χ3n) is 4.03. The van der Waals surface area contributed by atoms with Gasteiger partial charge in [-0.3, -0.25) is 4.79 Å². The molecule has 1 heterocycles. The monoisotopic (exact) mass is 327 g/mol. The zero-order valence-corrected chi connectivity index (χ0v) is 13.8. The Morgan fingerprint density at radius 3 is 3.00 bits per heavy atom. The highest BCUT2D eigenvalue weighted by Gasteiger charge is 2.36. The van der Waals surface area contributed by atoms with Gasteiger partial charge in [-0.05, 0) is 36.6 Å². The second-order valence-electron chi connectivity index (χ2n) is 5.94. The first kappa shape index (κ1) is 16.1. The number of anilines is 1. The molecule has 1 saturated carbocycles. The maximum atomic E-state index is 11.8. The molecule has 2 aromatic rings. The van der Waals surface area contributed by atoms with Gasteiger partial charge in [-0.2, -0.15) is 5.10 Å². The van der Waals surface area contributed by atoms with Crippen LogP contribution in [0.25, 0.3) is 0 Å². The molecule has 126 valence electrons. The molecule has 0 aliphatic heterocycles. The molecular weight excluding hydrogens is 306 g/mol. The number of hydrogen-bond acceptors (Lipinski definition) is 5. The summed E-state index contributed by atoms with van der Waals surface area (Å²) in [4.78, 5) is 11.8. The van der Waals surface area contributed by atoms with Crippen molar-refractivity contribution in [2.75, 3.05) is 19.0 Å². The molecule has 1 fully saturated rings. The van der Waals surface area contributed by atoms with Crippen LogP contribution in [0, 0.1) is 5.92 Å². The van der Waals surface area contributed by atoms with Crippen molar-refractivity contribution in [3.05, 3.63) is 47.9 Å². The van der Waals surface area contributed by atoms with Crippen molar-refractivity contribution in [2.45, 2.75) is 19.3 Å². The number of carbonyl (C=O) groups is 1. The van der Waals surface area contributed by atoms with Gasteiger partial charge >= 0.3 is 0 Å². The molecule has 0 saturated heterocycles. The zero-order valence-electron chi connectivity index (χ0n) is 13.8. The maximum Gasteiger partial charge on any atom is 0.259 e. The van der Waals surface area contributed by atoms with Crippen LogP contribution in [0.3, 0.4) is 0 Å². The van der Waals surface area contributed by atoms with Crippen LogP contribution in [0.5, 0.6) is 5.75 Å². The van der Waals surface area contributed by atoms with Gasteiger partial charge in [0.15, 0.2) is 0 Å². The lowest BCUT2D eigenvalue weighted by Gasteiger charge is -2.06. The van der Waals surface area contributed by atoms with Crippen LogP contribution in [0.4, 0.5) is 5.69 Å². The number of ether oxygens (including phenoxy) is 1. The van der Waals surface area contributed by atoms with Gasteiger partial charge in [-0.15, -0.1) is 0 Å². The highest BCUT2D eigenvalue weighted by molar-refractivity contribution is 5.83. The molecule has 0 radical (unpaired) electrons. The fourth-order valence-electron chi connectivity index (χ4n) is 2.48. The minimum absolute atomic E-state index is 0.119. The number of amides is 1. The lowest BCUT2D eigenvalue weighted by atomic mass is 10.3. The van der Waals surface area contributed by atoms with Gasteiger partial charge < -0.3 is 14.5 Å². The van der Waals surface area contributed by atoms with Crippen molar-refractivity contribution >= 4 is 17.8 Å². The van der Waals surface area contributed by atoms with E-state index in [2.05, 4.69) is 22.8 Å². The van der Waals surface area contributed by atoms with Gasteiger partial charge in [-0.1, -0.05) is 13.0 Å². The van der Waals surface area contributed by atoms with E-state index in [0.29, 0.717) is 17.6 Å². The summed E-state index contributed by atoms with van der Waals surface area (Å²) in [7, 11) is 1.60. The smallest absolute Gasteiger partial charge is 0.259 e. The predicted molar refractivity (Wildman–Crippen MR) is 92.5 cm³/mol. The Morgan fingerprint density at radius 1 is 1.42 bits per heavy atom. The number of hydrazone groups is 1. The fraction of sp³-hybridized carbons (Fsp3) is 0.333. The summed E-state index contributed by atoms with van der Waals surface area (Å²) in [5.74, 6) is 3.37. The number of methoxy groups -OCH3 is 1. The van der Waals surface area contributed by atoms with Crippen molar-refractivity contribution < 1.29 is 13.9 Å². The van der Waals surface area contributed by atoms with E-state index in [1.807, 2.05) is 36.4 Å². The topological polar surface area (TPSA) is 75.9 Å². The molecule has 3 rings (SSSR count). The molecule has 2 atom stereocenters. The van der Waals surface area contributed by atoms with E-state index in [1.54, 1.807) is 7.11 Å². The molecule has 6 nitrogen and oxygen atoms in total. The fourth-order valence-corrected chi connectivity index (χ4v) is 2.48. The van der Waals surface area contributed by atoms with Crippen LogP contribution in [0.2, 0.25) is 0 Å². The molecule has 1 aromatic carbocycles. The molecule has 0 bridgehead atoms. The van der Waals surface area contributed by atoms with Crippen molar-refractivity contribution in [3.63, 3.8) is 0 Å². The summed E-state index contributed by atoms with van der Waals surface area (Å²) in [6.07, 6.45) is 2.69. The largest absolute Gasteiger partial charge is 0.497 e. The van der Waals surface area contributed by atoms with Gasteiger partial charge in [0.1, 0.15) is 17.3 Å². The summed E-state index contributed by atoms with van der Waals surface area (Å²) >= 11 is 0. The Kier molecular flexibility index (Phi) is 4.84. The number of carbonyl (C=O) groups excluding carboxylic acids is 1. The van der Waals surface area contributed by atoms with Crippen molar-refractivity contribution in [1.82, 2.24) is 5.43 Å². The molecule has 0 spiro atoms. The molecule has 24 heavy (non-hydrogen) atoms. The molecule has 1 aliphatic rings. The van der Waals surface area contributed by atoms with E-state index in [-0.39, 0.29) is 12.5 Å². The quantitative estimate of drug-likeness (QED) is 0.605. The van der Waals surface area contributed by atoms with Crippen molar-refractivity contribution in [1.29, 1.82) is 0 Å². The van der Waals surface area contributed by atoms with Crippen LogP contribution in [-0.2, 0) is 4.79 Å². The lowest BCUT2D eigenvalue weighted by Crippen LogP contribution is -2.25. The number of hydrogen-bond donors (Lipinski definition) is 2. The van der Waals surface area contributed by atoms with Crippen molar-refractivity contribution in [3.8, 4) is 5.75 Å². The number of nitrogens with zero attached hydrogens (tertiary/aromatic N) is 1. The van der Waals surface area contributed by atoms with E-state index in [9.17, 15) is 4.79 Å². The Balaban J connectivity index is 1.44. The maximum absolute atomic E-state index is 11.8. The molecule has 1 aliphatic carbocycles. The third kappa shape index (κ3) is 4.16. The first-order chi connectivity index (χ1) is 11.7. The Morgan fingerprint density at radius 2 is 2.25 bits per heavy atom. The zero-order chi connectivity index (χ0) is 16.9. The molecule has 2 N–H and O–H groups in total. The van der Waals surface area contributed by atoms with Crippen LogP contribution >= 0.6 is 0 Å². The highest BCUT2D eigenvalue weighted by Crippen LogP contribution is 2.47. The van der Waals surface area contributed by atoms with E-state index in [1.165, 1.54) is 12.6 Å². The molecule has 1 amide bonds. The summed E-state index contributed by atoms with van der Waals surface area (Å²) < 4.78 is 10.8. The Labute approximate surface area is 140 Å². The number of furan rings is 1. The normalized spacial score (nSPS) is 19.2. The van der Waals surface area contributed by atoms with E-state index >= 15 is 0 Å². The van der Waals surface area contributed by atoms with Gasteiger partial charge in [0.2, 0.25) is 0 Å². The van der Waals surface area contributed by atoms with Crippen LogP contribution in [0.15, 0.2) is 45.9 Å². The van der Waals surface area contributed by atoms with Crippen LogP contribution in [0.1, 0.15) is 30.8 Å². The first-order valence-corrected chi connectivity index (χ1v) is 7.95. The average Bonchev–Trinajstić information content (AvgIpc) is 3.14. The SMILES string of the molecule is COc1cccc(NCC(=O)N/N=C\c2ccc([C@@H]3C[C@H]3C)o2)c1. The second kappa shape index (κ2) is 7.21. The van der Waals surface area contributed by atoms with Crippen LogP contribution in [-0.4, -0.2) is 25.8 Å². The van der Waals surface area contributed by atoms with Crippen LogP contribution < -0.4 is 15.5 Å². The van der Waals surface area contributed by atoms with Gasteiger partial charge in [-0.25, -0.2) is 5.43 Å². The lowest BCUT2D eigenvalue weighted by molar-refractivity contribution is -0.119. The van der Waals surface area contributed by atoms with Crippen molar-refractivity contribution in [2.24, 2.45) is 11.0 Å². The average molecular weight is 327 g/mol. The predicted octanol–water partition coefficient (Wildman–Crippen LogP) is 2.97.